The third kappa shape index (κ3) is 4.04. The highest BCUT2D eigenvalue weighted by Gasteiger charge is 2.20. The zero-order chi connectivity index (χ0) is 13.7. The lowest BCUT2D eigenvalue weighted by atomic mass is 10.2. The van der Waals surface area contributed by atoms with E-state index in [0.29, 0.717) is 10.7 Å². The van der Waals surface area contributed by atoms with Gasteiger partial charge in [0.15, 0.2) is 6.10 Å². The Morgan fingerprint density at radius 2 is 1.83 bits per heavy atom. The summed E-state index contributed by atoms with van der Waals surface area (Å²) >= 11 is 5.91. The lowest BCUT2D eigenvalue weighted by Gasteiger charge is -2.15. The molecular weight excluding hydrogens is 254 g/mol. The Labute approximate surface area is 111 Å². The van der Waals surface area contributed by atoms with E-state index in [4.69, 9.17) is 16.3 Å². The predicted molar refractivity (Wildman–Crippen MR) is 70.5 cm³/mol. The van der Waals surface area contributed by atoms with E-state index in [1.165, 1.54) is 6.92 Å². The third-order valence-electron chi connectivity index (χ3n) is 2.27. The van der Waals surface area contributed by atoms with Crippen LogP contribution < -0.4 is 5.32 Å². The first kappa shape index (κ1) is 14.5. The number of hydrogen-bond acceptors (Lipinski definition) is 3. The van der Waals surface area contributed by atoms with Crippen molar-refractivity contribution in [3.63, 3.8) is 0 Å². The quantitative estimate of drug-likeness (QED) is 0.855. The molecule has 1 aromatic carbocycles. The third-order valence-corrected chi connectivity index (χ3v) is 2.59. The summed E-state index contributed by atoms with van der Waals surface area (Å²) < 4.78 is 4.99. The average Bonchev–Trinajstić information content (AvgIpc) is 2.31. The summed E-state index contributed by atoms with van der Waals surface area (Å²) in [6.07, 6.45) is -0.851. The molecule has 1 amide bonds. The maximum Gasteiger partial charge on any atom is 0.309 e. The van der Waals surface area contributed by atoms with Crippen LogP contribution in [0.5, 0.6) is 0 Å². The van der Waals surface area contributed by atoms with E-state index in [2.05, 4.69) is 5.32 Å². The Balaban J connectivity index is 2.61. The summed E-state index contributed by atoms with van der Waals surface area (Å²) in [6, 6.07) is 6.87. The number of esters is 1. The molecule has 0 saturated carbocycles. The van der Waals surface area contributed by atoms with E-state index in [1.807, 2.05) is 0 Å². The highest BCUT2D eigenvalue weighted by molar-refractivity contribution is 6.33. The summed E-state index contributed by atoms with van der Waals surface area (Å²) in [6.45, 7) is 4.94. The van der Waals surface area contributed by atoms with Crippen LogP contribution in [0, 0.1) is 5.92 Å². The largest absolute Gasteiger partial charge is 0.452 e. The SMILES string of the molecule is CC(C)C(=O)O[C@H](C)C(=O)Nc1ccccc1Cl. The van der Waals surface area contributed by atoms with Crippen LogP contribution in [0.4, 0.5) is 5.69 Å². The first-order valence-corrected chi connectivity index (χ1v) is 6.05. The molecule has 1 N–H and O–H groups in total. The van der Waals surface area contributed by atoms with E-state index >= 15 is 0 Å². The zero-order valence-electron chi connectivity index (χ0n) is 10.6. The van der Waals surface area contributed by atoms with Crippen LogP contribution in [-0.2, 0) is 14.3 Å². The van der Waals surface area contributed by atoms with Gasteiger partial charge in [0.25, 0.3) is 5.91 Å². The van der Waals surface area contributed by atoms with Gasteiger partial charge in [0.2, 0.25) is 0 Å². The summed E-state index contributed by atoms with van der Waals surface area (Å²) in [5.41, 5.74) is 0.497. The molecule has 4 nitrogen and oxygen atoms in total. The van der Waals surface area contributed by atoms with Crippen molar-refractivity contribution in [2.45, 2.75) is 26.9 Å². The molecule has 0 aliphatic rings. The van der Waals surface area contributed by atoms with Gasteiger partial charge < -0.3 is 10.1 Å². The normalized spacial score (nSPS) is 12.1. The van der Waals surface area contributed by atoms with Gasteiger partial charge in [0.1, 0.15) is 0 Å². The highest BCUT2D eigenvalue weighted by atomic mass is 35.5. The maximum absolute atomic E-state index is 11.8. The maximum atomic E-state index is 11.8. The minimum Gasteiger partial charge on any atom is -0.452 e. The Morgan fingerprint density at radius 3 is 2.39 bits per heavy atom. The summed E-state index contributed by atoms with van der Waals surface area (Å²) in [7, 11) is 0. The number of anilines is 1. The van der Waals surface area contributed by atoms with Gasteiger partial charge in [0, 0.05) is 0 Å². The molecule has 0 spiro atoms. The van der Waals surface area contributed by atoms with Crippen LogP contribution in [0.2, 0.25) is 5.02 Å². The molecule has 0 bridgehead atoms. The molecule has 98 valence electrons. The number of carbonyl (C=O) groups is 2. The fraction of sp³-hybridized carbons (Fsp3) is 0.385. The molecule has 1 atom stereocenters. The number of ether oxygens (including phenoxy) is 1. The summed E-state index contributed by atoms with van der Waals surface area (Å²) in [4.78, 5) is 23.1. The van der Waals surface area contributed by atoms with E-state index in [0.717, 1.165) is 0 Å². The van der Waals surface area contributed by atoms with Gasteiger partial charge in [0.05, 0.1) is 16.6 Å². The Kier molecular flexibility index (Phi) is 5.16. The Morgan fingerprint density at radius 1 is 1.22 bits per heavy atom. The van der Waals surface area contributed by atoms with Crippen LogP contribution in [0.25, 0.3) is 0 Å². The monoisotopic (exact) mass is 269 g/mol. The van der Waals surface area contributed by atoms with E-state index < -0.39 is 18.0 Å². The first-order chi connectivity index (χ1) is 8.41. The minimum absolute atomic E-state index is 0.263. The molecule has 0 aliphatic heterocycles. The number of carbonyl (C=O) groups excluding carboxylic acids is 2. The zero-order valence-corrected chi connectivity index (χ0v) is 11.3. The van der Waals surface area contributed by atoms with Crippen LogP contribution in [0.1, 0.15) is 20.8 Å². The van der Waals surface area contributed by atoms with Crippen molar-refractivity contribution < 1.29 is 14.3 Å². The molecule has 5 heteroatoms. The van der Waals surface area contributed by atoms with Crippen LogP contribution >= 0.6 is 11.6 Å². The highest BCUT2D eigenvalue weighted by Crippen LogP contribution is 2.20. The molecule has 18 heavy (non-hydrogen) atoms. The van der Waals surface area contributed by atoms with Gasteiger partial charge in [-0.1, -0.05) is 37.6 Å². The molecule has 0 heterocycles. The Hall–Kier alpha value is -1.55. The van der Waals surface area contributed by atoms with E-state index in [-0.39, 0.29) is 5.92 Å². The first-order valence-electron chi connectivity index (χ1n) is 5.67. The van der Waals surface area contributed by atoms with Crippen molar-refractivity contribution in [2.75, 3.05) is 5.32 Å². The number of para-hydroxylation sites is 1. The molecule has 0 fully saturated rings. The average molecular weight is 270 g/mol. The minimum atomic E-state index is -0.851. The molecule has 1 aromatic rings. The molecular formula is C13H16ClNO3. The predicted octanol–water partition coefficient (Wildman–Crippen LogP) is 2.87. The van der Waals surface area contributed by atoms with Crippen LogP contribution in [-0.4, -0.2) is 18.0 Å². The van der Waals surface area contributed by atoms with Gasteiger partial charge in [-0.05, 0) is 19.1 Å². The van der Waals surface area contributed by atoms with Crippen LogP contribution in [0.15, 0.2) is 24.3 Å². The summed E-state index contributed by atoms with van der Waals surface area (Å²) in [5, 5.41) is 3.04. The number of amides is 1. The molecule has 1 rings (SSSR count). The van der Waals surface area contributed by atoms with E-state index in [9.17, 15) is 9.59 Å². The number of nitrogens with one attached hydrogen (secondary N) is 1. The van der Waals surface area contributed by atoms with Gasteiger partial charge in [-0.15, -0.1) is 0 Å². The number of halogens is 1. The smallest absolute Gasteiger partial charge is 0.309 e. The standard InChI is InChI=1S/C13H16ClNO3/c1-8(2)13(17)18-9(3)12(16)15-11-7-5-4-6-10(11)14/h4-9H,1-3H3,(H,15,16)/t9-/m1/s1. The number of benzene rings is 1. The second-order valence-corrected chi connectivity index (χ2v) is 4.61. The summed E-state index contributed by atoms with van der Waals surface area (Å²) in [5.74, 6) is -1.07. The van der Waals surface area contributed by atoms with Gasteiger partial charge >= 0.3 is 5.97 Å². The number of hydrogen-bond donors (Lipinski definition) is 1. The lowest BCUT2D eigenvalue weighted by molar-refractivity contribution is -0.156. The fourth-order valence-electron chi connectivity index (χ4n) is 1.16. The second-order valence-electron chi connectivity index (χ2n) is 4.20. The molecule has 0 radical (unpaired) electrons. The fourth-order valence-corrected chi connectivity index (χ4v) is 1.34. The topological polar surface area (TPSA) is 55.4 Å². The van der Waals surface area contributed by atoms with E-state index in [1.54, 1.807) is 38.1 Å². The van der Waals surface area contributed by atoms with Gasteiger partial charge in [-0.25, -0.2) is 0 Å². The molecule has 0 aliphatic carbocycles. The second kappa shape index (κ2) is 6.40. The van der Waals surface area contributed by atoms with Gasteiger partial charge in [-0.3, -0.25) is 9.59 Å². The molecule has 0 unspecified atom stereocenters. The lowest BCUT2D eigenvalue weighted by Crippen LogP contribution is -2.31. The Bertz CT molecular complexity index is 446. The van der Waals surface area contributed by atoms with Crippen molar-refractivity contribution in [3.05, 3.63) is 29.3 Å². The molecule has 0 saturated heterocycles. The molecule has 0 aromatic heterocycles. The van der Waals surface area contributed by atoms with Crippen molar-refractivity contribution in [1.82, 2.24) is 0 Å². The van der Waals surface area contributed by atoms with Crippen molar-refractivity contribution in [3.8, 4) is 0 Å². The van der Waals surface area contributed by atoms with Crippen LogP contribution in [0.3, 0.4) is 0 Å². The van der Waals surface area contributed by atoms with Gasteiger partial charge in [-0.2, -0.15) is 0 Å². The van der Waals surface area contributed by atoms with Crippen molar-refractivity contribution >= 4 is 29.2 Å². The van der Waals surface area contributed by atoms with Crippen molar-refractivity contribution in [1.29, 1.82) is 0 Å². The number of rotatable bonds is 4. The van der Waals surface area contributed by atoms with Crippen molar-refractivity contribution in [2.24, 2.45) is 5.92 Å².